The molecule has 0 unspecified atom stereocenters. The van der Waals surface area contributed by atoms with Crippen LogP contribution in [0.4, 0.5) is 10.7 Å². The van der Waals surface area contributed by atoms with Crippen molar-refractivity contribution >= 4 is 32.0 Å². The number of nitro groups is 1. The van der Waals surface area contributed by atoms with Crippen LogP contribution < -0.4 is 10.0 Å². The molecular formula is C11H19N3O5S2. The molecule has 0 bridgehead atoms. The molecule has 1 rings (SSSR count). The molecule has 0 spiro atoms. The number of hydrogen-bond donors (Lipinski definition) is 2. The number of nitrogens with one attached hydrogen (secondary N) is 2. The van der Waals surface area contributed by atoms with Gasteiger partial charge in [-0.25, -0.2) is 13.1 Å². The molecule has 21 heavy (non-hydrogen) atoms. The highest BCUT2D eigenvalue weighted by Crippen LogP contribution is 2.37. The molecule has 0 saturated carbocycles. The number of ether oxygens (including phenoxy) is 1. The van der Waals surface area contributed by atoms with Crippen LogP contribution in [0, 0.1) is 10.1 Å². The first kappa shape index (κ1) is 17.8. The Morgan fingerprint density at radius 3 is 2.57 bits per heavy atom. The van der Waals surface area contributed by atoms with Crippen molar-refractivity contribution in [1.29, 1.82) is 0 Å². The zero-order valence-electron chi connectivity index (χ0n) is 12.3. The number of sulfonamides is 1. The van der Waals surface area contributed by atoms with Crippen LogP contribution >= 0.6 is 11.3 Å². The van der Waals surface area contributed by atoms with Crippen LogP contribution in [-0.4, -0.2) is 39.1 Å². The molecule has 1 aromatic rings. The van der Waals surface area contributed by atoms with E-state index in [2.05, 4.69) is 10.0 Å². The molecule has 0 aliphatic carbocycles. The van der Waals surface area contributed by atoms with Gasteiger partial charge in [0, 0.05) is 19.7 Å². The highest BCUT2D eigenvalue weighted by Gasteiger charge is 2.30. The second kappa shape index (κ2) is 6.69. The van der Waals surface area contributed by atoms with Crippen LogP contribution in [0.3, 0.4) is 0 Å². The van der Waals surface area contributed by atoms with Crippen molar-refractivity contribution in [2.45, 2.75) is 30.5 Å². The fourth-order valence-electron chi connectivity index (χ4n) is 1.72. The van der Waals surface area contributed by atoms with Gasteiger partial charge in [0.15, 0.2) is 5.00 Å². The number of methoxy groups -OCH3 is 1. The Bertz CT molecular complexity index is 609. The molecule has 0 aromatic carbocycles. The zero-order valence-corrected chi connectivity index (χ0v) is 13.9. The zero-order chi connectivity index (χ0) is 16.3. The summed E-state index contributed by atoms with van der Waals surface area (Å²) in [6.45, 7) is 5.75. The van der Waals surface area contributed by atoms with Gasteiger partial charge < -0.3 is 10.1 Å². The summed E-state index contributed by atoms with van der Waals surface area (Å²) >= 11 is 0.834. The number of nitrogens with zero attached hydrogens (tertiary/aromatic N) is 1. The van der Waals surface area contributed by atoms with Crippen LogP contribution in [-0.2, 0) is 14.8 Å². The first-order chi connectivity index (χ1) is 9.63. The fourth-order valence-corrected chi connectivity index (χ4v) is 4.51. The maximum Gasteiger partial charge on any atom is 0.304 e. The molecule has 1 aromatic heterocycles. The summed E-state index contributed by atoms with van der Waals surface area (Å²) < 4.78 is 31.9. The lowest BCUT2D eigenvalue weighted by Crippen LogP contribution is -2.46. The van der Waals surface area contributed by atoms with Gasteiger partial charge in [-0.3, -0.25) is 10.1 Å². The minimum Gasteiger partial charge on any atom is -0.383 e. The van der Waals surface area contributed by atoms with E-state index < -0.39 is 20.5 Å². The summed E-state index contributed by atoms with van der Waals surface area (Å²) in [5, 5.41) is 14.0. The first-order valence-electron chi connectivity index (χ1n) is 6.18. The molecule has 0 atom stereocenters. The second-order valence-electron chi connectivity index (χ2n) is 4.99. The Hall–Kier alpha value is -1.23. The fraction of sp³-hybridized carbons (Fsp3) is 0.636. The SMILES string of the molecule is CCNc1sc(S(=O)(=O)NC(C)(C)COC)cc1[N+](=O)[O-]. The van der Waals surface area contributed by atoms with E-state index in [0.29, 0.717) is 6.54 Å². The maximum atomic E-state index is 12.3. The number of hydrogen-bond acceptors (Lipinski definition) is 7. The predicted molar refractivity (Wildman–Crippen MR) is 81.4 cm³/mol. The van der Waals surface area contributed by atoms with Crippen molar-refractivity contribution in [3.63, 3.8) is 0 Å². The molecule has 0 aliphatic heterocycles. The van der Waals surface area contributed by atoms with Crippen LogP contribution in [0.1, 0.15) is 20.8 Å². The van der Waals surface area contributed by atoms with E-state index in [4.69, 9.17) is 4.74 Å². The van der Waals surface area contributed by atoms with Gasteiger partial charge in [0.25, 0.3) is 10.0 Å². The summed E-state index contributed by atoms with van der Waals surface area (Å²) in [6.07, 6.45) is 0. The van der Waals surface area contributed by atoms with E-state index in [-0.39, 0.29) is 21.5 Å². The summed E-state index contributed by atoms with van der Waals surface area (Å²) in [5.74, 6) is 0. The van der Waals surface area contributed by atoms with Gasteiger partial charge in [-0.1, -0.05) is 11.3 Å². The van der Waals surface area contributed by atoms with Crippen LogP contribution in [0.25, 0.3) is 0 Å². The molecule has 0 fully saturated rings. The third-order valence-corrected chi connectivity index (χ3v) is 5.66. The Morgan fingerprint density at radius 1 is 1.48 bits per heavy atom. The second-order valence-corrected chi connectivity index (χ2v) is 7.95. The van der Waals surface area contributed by atoms with Crippen LogP contribution in [0.2, 0.25) is 0 Å². The summed E-state index contributed by atoms with van der Waals surface area (Å²) in [4.78, 5) is 10.4. The van der Waals surface area contributed by atoms with Crippen molar-refractivity contribution in [3.8, 4) is 0 Å². The van der Waals surface area contributed by atoms with E-state index >= 15 is 0 Å². The van der Waals surface area contributed by atoms with Crippen molar-refractivity contribution in [1.82, 2.24) is 4.72 Å². The third kappa shape index (κ3) is 4.63. The average Bonchev–Trinajstić information content (AvgIpc) is 2.72. The molecule has 0 amide bonds. The van der Waals surface area contributed by atoms with Gasteiger partial charge in [-0.05, 0) is 20.8 Å². The van der Waals surface area contributed by atoms with Gasteiger partial charge >= 0.3 is 5.69 Å². The molecular weight excluding hydrogens is 318 g/mol. The normalized spacial score (nSPS) is 12.4. The Kier molecular flexibility index (Phi) is 5.68. The summed E-state index contributed by atoms with van der Waals surface area (Å²) in [6, 6.07) is 1.06. The summed E-state index contributed by atoms with van der Waals surface area (Å²) in [7, 11) is -2.38. The Labute approximate surface area is 127 Å². The third-order valence-electron chi connectivity index (χ3n) is 2.40. The van der Waals surface area contributed by atoms with Gasteiger partial charge in [0.2, 0.25) is 0 Å². The Morgan fingerprint density at radius 2 is 2.10 bits per heavy atom. The van der Waals surface area contributed by atoms with Gasteiger partial charge in [0.05, 0.1) is 17.1 Å². The molecule has 120 valence electrons. The van der Waals surface area contributed by atoms with E-state index in [1.165, 1.54) is 7.11 Å². The maximum absolute atomic E-state index is 12.3. The van der Waals surface area contributed by atoms with Gasteiger partial charge in [-0.2, -0.15) is 0 Å². The molecule has 1 heterocycles. The Balaban J connectivity index is 3.14. The van der Waals surface area contributed by atoms with Crippen LogP contribution in [0.15, 0.2) is 10.3 Å². The standard InChI is InChI=1S/C11H19N3O5S2/c1-5-12-10-8(14(15)16)6-9(20-10)21(17,18)13-11(2,3)7-19-4/h6,12-13H,5,7H2,1-4H3. The average molecular weight is 337 g/mol. The highest BCUT2D eigenvalue weighted by molar-refractivity contribution is 7.91. The lowest BCUT2D eigenvalue weighted by Gasteiger charge is -2.24. The number of thiophene rings is 1. The summed E-state index contributed by atoms with van der Waals surface area (Å²) in [5.41, 5.74) is -1.06. The van der Waals surface area contributed by atoms with Gasteiger partial charge in [-0.15, -0.1) is 0 Å². The van der Waals surface area contributed by atoms with E-state index in [9.17, 15) is 18.5 Å². The number of anilines is 1. The largest absolute Gasteiger partial charge is 0.383 e. The molecule has 2 N–H and O–H groups in total. The molecule has 0 aliphatic rings. The quantitative estimate of drug-likeness (QED) is 0.553. The van der Waals surface area contributed by atoms with Crippen molar-refractivity contribution < 1.29 is 18.1 Å². The van der Waals surface area contributed by atoms with E-state index in [1.807, 2.05) is 0 Å². The van der Waals surface area contributed by atoms with Crippen LogP contribution in [0.5, 0.6) is 0 Å². The molecule has 0 radical (unpaired) electrons. The lowest BCUT2D eigenvalue weighted by atomic mass is 10.1. The van der Waals surface area contributed by atoms with E-state index in [1.54, 1.807) is 20.8 Å². The predicted octanol–water partition coefficient (Wildman–Crippen LogP) is 1.79. The smallest absolute Gasteiger partial charge is 0.304 e. The van der Waals surface area contributed by atoms with E-state index in [0.717, 1.165) is 17.4 Å². The van der Waals surface area contributed by atoms with Gasteiger partial charge in [0.1, 0.15) is 4.21 Å². The van der Waals surface area contributed by atoms with Crippen molar-refractivity contribution in [2.75, 3.05) is 25.6 Å². The topological polar surface area (TPSA) is 111 Å². The molecule has 10 heteroatoms. The highest BCUT2D eigenvalue weighted by atomic mass is 32.2. The first-order valence-corrected chi connectivity index (χ1v) is 8.48. The minimum atomic E-state index is -3.85. The lowest BCUT2D eigenvalue weighted by molar-refractivity contribution is -0.383. The monoisotopic (exact) mass is 337 g/mol. The number of rotatable bonds is 8. The minimum absolute atomic E-state index is 0.102. The van der Waals surface area contributed by atoms with Crippen molar-refractivity contribution in [2.24, 2.45) is 0 Å². The molecule has 8 nitrogen and oxygen atoms in total. The molecule has 0 saturated heterocycles. The van der Waals surface area contributed by atoms with Crippen molar-refractivity contribution in [3.05, 3.63) is 16.2 Å².